The van der Waals surface area contributed by atoms with Crippen LogP contribution in [0, 0.1) is 0 Å². The molecule has 3 nitrogen and oxygen atoms in total. The van der Waals surface area contributed by atoms with Crippen LogP contribution < -0.4 is 5.32 Å². The summed E-state index contributed by atoms with van der Waals surface area (Å²) in [6, 6.07) is 8.54. The van der Waals surface area contributed by atoms with Crippen LogP contribution in [-0.4, -0.2) is 16.9 Å². The maximum atomic E-state index is 13.2. The van der Waals surface area contributed by atoms with Gasteiger partial charge in [0.2, 0.25) is 0 Å². The standard InChI is InChI=1S/C16H15F3N2OS/c17-16(18,19)13-12(14(22)20-11-8-4-5-9-11)23-15(21-13)10-6-2-1-3-7-10/h1-3,6-7,11H,4-5,8-9H2,(H,20,22). The summed E-state index contributed by atoms with van der Waals surface area (Å²) in [6.07, 6.45) is -1.02. The molecule has 1 fully saturated rings. The lowest BCUT2D eigenvalue weighted by Gasteiger charge is -2.12. The lowest BCUT2D eigenvalue weighted by Crippen LogP contribution is -2.33. The number of nitrogens with one attached hydrogen (secondary N) is 1. The third-order valence-corrected chi connectivity index (χ3v) is 4.92. The summed E-state index contributed by atoms with van der Waals surface area (Å²) in [5.41, 5.74) is -0.528. The molecule has 1 saturated carbocycles. The van der Waals surface area contributed by atoms with E-state index < -0.39 is 17.8 Å². The first-order valence-electron chi connectivity index (χ1n) is 7.39. The zero-order valence-electron chi connectivity index (χ0n) is 12.2. The van der Waals surface area contributed by atoms with E-state index in [0.29, 0.717) is 5.56 Å². The van der Waals surface area contributed by atoms with Gasteiger partial charge in [0, 0.05) is 11.6 Å². The van der Waals surface area contributed by atoms with Gasteiger partial charge in [0.25, 0.3) is 5.91 Å². The summed E-state index contributed by atoms with van der Waals surface area (Å²) in [6.45, 7) is 0. The Morgan fingerprint density at radius 1 is 1.17 bits per heavy atom. The molecule has 1 aromatic heterocycles. The second-order valence-corrected chi connectivity index (χ2v) is 6.51. The van der Waals surface area contributed by atoms with Crippen molar-refractivity contribution in [3.05, 3.63) is 40.9 Å². The first-order valence-corrected chi connectivity index (χ1v) is 8.21. The molecule has 0 atom stereocenters. The predicted molar refractivity (Wildman–Crippen MR) is 82.3 cm³/mol. The summed E-state index contributed by atoms with van der Waals surface area (Å²) in [4.78, 5) is 15.6. The molecular formula is C16H15F3N2OS. The highest BCUT2D eigenvalue weighted by Gasteiger charge is 2.40. The molecule has 122 valence electrons. The molecule has 1 aliphatic rings. The van der Waals surface area contributed by atoms with Crippen molar-refractivity contribution in [1.82, 2.24) is 10.3 Å². The Balaban J connectivity index is 1.94. The van der Waals surface area contributed by atoms with Crippen LogP contribution in [0.4, 0.5) is 13.2 Å². The number of nitrogens with zero attached hydrogens (tertiary/aromatic N) is 1. The van der Waals surface area contributed by atoms with E-state index in [4.69, 9.17) is 0 Å². The average molecular weight is 340 g/mol. The molecule has 0 spiro atoms. The highest BCUT2D eigenvalue weighted by Crippen LogP contribution is 2.37. The minimum Gasteiger partial charge on any atom is -0.349 e. The van der Waals surface area contributed by atoms with Crippen LogP contribution in [0.25, 0.3) is 10.6 Å². The summed E-state index contributed by atoms with van der Waals surface area (Å²) >= 11 is 0.788. The van der Waals surface area contributed by atoms with E-state index in [0.717, 1.165) is 37.0 Å². The molecule has 1 aromatic carbocycles. The minimum absolute atomic E-state index is 0.0362. The molecule has 1 N–H and O–H groups in total. The van der Waals surface area contributed by atoms with E-state index in [1.165, 1.54) is 0 Å². The number of rotatable bonds is 3. The normalized spacial score (nSPS) is 15.8. The average Bonchev–Trinajstić information content (AvgIpc) is 3.16. The first-order chi connectivity index (χ1) is 10.9. The number of hydrogen-bond acceptors (Lipinski definition) is 3. The highest BCUT2D eigenvalue weighted by molar-refractivity contribution is 7.17. The van der Waals surface area contributed by atoms with Crippen LogP contribution in [0.1, 0.15) is 41.0 Å². The number of thiazole rings is 1. The van der Waals surface area contributed by atoms with E-state index in [-0.39, 0.29) is 15.9 Å². The van der Waals surface area contributed by atoms with Crippen molar-refractivity contribution in [2.45, 2.75) is 37.9 Å². The van der Waals surface area contributed by atoms with Gasteiger partial charge in [0.05, 0.1) is 0 Å². The highest BCUT2D eigenvalue weighted by atomic mass is 32.1. The van der Waals surface area contributed by atoms with Crippen LogP contribution in [-0.2, 0) is 6.18 Å². The molecule has 2 aromatic rings. The molecule has 23 heavy (non-hydrogen) atoms. The molecule has 1 amide bonds. The predicted octanol–water partition coefficient (Wildman–Crippen LogP) is 4.50. The van der Waals surface area contributed by atoms with Crippen molar-refractivity contribution in [2.75, 3.05) is 0 Å². The monoisotopic (exact) mass is 340 g/mol. The van der Waals surface area contributed by atoms with Crippen LogP contribution in [0.15, 0.2) is 30.3 Å². The molecule has 0 saturated heterocycles. The molecule has 7 heteroatoms. The van der Waals surface area contributed by atoms with Crippen molar-refractivity contribution in [3.63, 3.8) is 0 Å². The van der Waals surface area contributed by atoms with Crippen molar-refractivity contribution in [2.24, 2.45) is 0 Å². The van der Waals surface area contributed by atoms with Crippen LogP contribution in [0.3, 0.4) is 0 Å². The number of benzene rings is 1. The summed E-state index contributed by atoms with van der Waals surface area (Å²) < 4.78 is 39.6. The molecular weight excluding hydrogens is 325 g/mol. The Labute approximate surface area is 135 Å². The second-order valence-electron chi connectivity index (χ2n) is 5.52. The van der Waals surface area contributed by atoms with Gasteiger partial charge in [0.1, 0.15) is 9.88 Å². The maximum Gasteiger partial charge on any atom is 0.435 e. The fourth-order valence-electron chi connectivity index (χ4n) is 2.69. The third-order valence-electron chi connectivity index (χ3n) is 3.81. The number of amides is 1. The lowest BCUT2D eigenvalue weighted by molar-refractivity contribution is -0.141. The van der Waals surface area contributed by atoms with Crippen molar-refractivity contribution >= 4 is 17.2 Å². The topological polar surface area (TPSA) is 42.0 Å². The van der Waals surface area contributed by atoms with Crippen molar-refractivity contribution in [1.29, 1.82) is 0 Å². The fraction of sp³-hybridized carbons (Fsp3) is 0.375. The second kappa shape index (κ2) is 6.31. The number of alkyl halides is 3. The Hall–Kier alpha value is -1.89. The Morgan fingerprint density at radius 3 is 2.43 bits per heavy atom. The molecule has 0 unspecified atom stereocenters. The van der Waals surface area contributed by atoms with E-state index in [9.17, 15) is 18.0 Å². The molecule has 3 rings (SSSR count). The van der Waals surface area contributed by atoms with Gasteiger partial charge in [-0.1, -0.05) is 43.2 Å². The van der Waals surface area contributed by atoms with Crippen molar-refractivity contribution in [3.8, 4) is 10.6 Å². The van der Waals surface area contributed by atoms with Gasteiger partial charge in [0.15, 0.2) is 5.69 Å². The van der Waals surface area contributed by atoms with E-state index >= 15 is 0 Å². The lowest BCUT2D eigenvalue weighted by atomic mass is 10.2. The summed E-state index contributed by atoms with van der Waals surface area (Å²) in [5, 5.41) is 2.91. The molecule has 0 radical (unpaired) electrons. The van der Waals surface area contributed by atoms with Gasteiger partial charge in [-0.15, -0.1) is 11.3 Å². The molecule has 0 aliphatic heterocycles. The summed E-state index contributed by atoms with van der Waals surface area (Å²) in [7, 11) is 0. The number of hydrogen-bond donors (Lipinski definition) is 1. The van der Waals surface area contributed by atoms with Gasteiger partial charge >= 0.3 is 6.18 Å². The Morgan fingerprint density at radius 2 is 1.83 bits per heavy atom. The molecule has 0 bridgehead atoms. The van der Waals surface area contributed by atoms with Gasteiger partial charge in [-0.25, -0.2) is 4.98 Å². The number of halogens is 3. The quantitative estimate of drug-likeness (QED) is 0.894. The third kappa shape index (κ3) is 3.55. The van der Waals surface area contributed by atoms with Crippen LogP contribution in [0.5, 0.6) is 0 Å². The van der Waals surface area contributed by atoms with Gasteiger partial charge in [-0.3, -0.25) is 4.79 Å². The number of aromatic nitrogens is 1. The van der Waals surface area contributed by atoms with Crippen LogP contribution in [0.2, 0.25) is 0 Å². The van der Waals surface area contributed by atoms with Crippen molar-refractivity contribution < 1.29 is 18.0 Å². The Bertz CT molecular complexity index is 691. The minimum atomic E-state index is -4.65. The SMILES string of the molecule is O=C(NC1CCCC1)c1sc(-c2ccccc2)nc1C(F)(F)F. The van der Waals surface area contributed by atoms with Crippen LogP contribution >= 0.6 is 11.3 Å². The van der Waals surface area contributed by atoms with E-state index in [2.05, 4.69) is 10.3 Å². The molecule has 1 heterocycles. The van der Waals surface area contributed by atoms with E-state index in [1.54, 1.807) is 30.3 Å². The van der Waals surface area contributed by atoms with Gasteiger partial charge < -0.3 is 5.32 Å². The maximum absolute atomic E-state index is 13.2. The van der Waals surface area contributed by atoms with Gasteiger partial charge in [-0.05, 0) is 12.8 Å². The Kier molecular flexibility index (Phi) is 4.39. The number of carbonyl (C=O) groups is 1. The zero-order valence-corrected chi connectivity index (χ0v) is 13.0. The first kappa shape index (κ1) is 16.0. The van der Waals surface area contributed by atoms with E-state index in [1.807, 2.05) is 0 Å². The molecule has 1 aliphatic carbocycles. The fourth-order valence-corrected chi connectivity index (χ4v) is 3.69. The van der Waals surface area contributed by atoms with Gasteiger partial charge in [-0.2, -0.15) is 13.2 Å². The largest absolute Gasteiger partial charge is 0.435 e. The zero-order chi connectivity index (χ0) is 16.4. The smallest absolute Gasteiger partial charge is 0.349 e. The number of carbonyl (C=O) groups excluding carboxylic acids is 1. The summed E-state index contributed by atoms with van der Waals surface area (Å²) in [5.74, 6) is -0.677.